The molecule has 4 fully saturated rings. The number of fused-ring (bicyclic) bond motifs is 5. The number of rotatable bonds is 1. The van der Waals surface area contributed by atoms with Crippen LogP contribution in [0.5, 0.6) is 0 Å². The minimum Gasteiger partial charge on any atom is -0.431 e. The fraction of sp³-hybridized carbons (Fsp3) is 0.792. The van der Waals surface area contributed by atoms with E-state index in [1.54, 1.807) is 6.07 Å². The van der Waals surface area contributed by atoms with E-state index in [-0.39, 0.29) is 23.4 Å². The third-order valence-corrected chi connectivity index (χ3v) is 9.92. The van der Waals surface area contributed by atoms with E-state index in [1.807, 2.05) is 0 Å². The van der Waals surface area contributed by atoms with E-state index in [4.69, 9.17) is 4.42 Å². The lowest BCUT2D eigenvalue weighted by molar-refractivity contribution is -0.205. The highest BCUT2D eigenvalue weighted by atomic mass is 16.4. The average molecular weight is 403 g/mol. The van der Waals surface area contributed by atoms with Gasteiger partial charge >= 0.3 is 5.63 Å². The van der Waals surface area contributed by atoms with E-state index < -0.39 is 22.7 Å². The topological polar surface area (TPSA) is 90.9 Å². The van der Waals surface area contributed by atoms with Crippen molar-refractivity contribution in [2.75, 3.05) is 0 Å². The molecule has 1 aromatic rings. The lowest BCUT2D eigenvalue weighted by atomic mass is 9.43. The molecule has 3 N–H and O–H groups in total. The standard InChI is InChI=1S/C24H34O5/c1-22-9-7-16(25)11-15(22)4-5-18-17(22)8-10-23(2)21(19(26)12-24(18,23)28)14-3-6-20(27)29-13-14/h3,6,13,15-19,21,25-26,28H,4-5,7-12H2,1-2H3. The van der Waals surface area contributed by atoms with Gasteiger partial charge in [-0.3, -0.25) is 0 Å². The van der Waals surface area contributed by atoms with Crippen molar-refractivity contribution in [1.82, 2.24) is 0 Å². The zero-order chi connectivity index (χ0) is 20.6. The lowest BCUT2D eigenvalue weighted by Gasteiger charge is -2.63. The van der Waals surface area contributed by atoms with Gasteiger partial charge in [0.15, 0.2) is 0 Å². The van der Waals surface area contributed by atoms with Crippen molar-refractivity contribution in [2.45, 2.75) is 88.9 Å². The van der Waals surface area contributed by atoms with Crippen LogP contribution in [-0.4, -0.2) is 33.1 Å². The Labute approximate surface area is 172 Å². The number of hydrogen-bond donors (Lipinski definition) is 3. The van der Waals surface area contributed by atoms with Crippen molar-refractivity contribution in [1.29, 1.82) is 0 Å². The van der Waals surface area contributed by atoms with Crippen LogP contribution in [0, 0.1) is 28.6 Å². The largest absolute Gasteiger partial charge is 0.431 e. The summed E-state index contributed by atoms with van der Waals surface area (Å²) < 4.78 is 5.11. The molecule has 1 heterocycles. The molecule has 0 aromatic carbocycles. The maximum Gasteiger partial charge on any atom is 0.335 e. The van der Waals surface area contributed by atoms with Crippen LogP contribution in [0.4, 0.5) is 0 Å². The van der Waals surface area contributed by atoms with E-state index in [1.165, 1.54) is 12.3 Å². The molecule has 0 saturated heterocycles. The predicted molar refractivity (Wildman–Crippen MR) is 108 cm³/mol. The van der Waals surface area contributed by atoms with E-state index in [0.717, 1.165) is 50.5 Å². The first-order valence-electron chi connectivity index (χ1n) is 11.4. The fourth-order valence-corrected chi connectivity index (χ4v) is 8.38. The monoisotopic (exact) mass is 402 g/mol. The van der Waals surface area contributed by atoms with Crippen molar-refractivity contribution >= 4 is 0 Å². The van der Waals surface area contributed by atoms with Gasteiger partial charge in [-0.2, -0.15) is 0 Å². The second kappa shape index (κ2) is 6.41. The van der Waals surface area contributed by atoms with Crippen LogP contribution in [0.3, 0.4) is 0 Å². The van der Waals surface area contributed by atoms with Crippen LogP contribution in [0.25, 0.3) is 0 Å². The van der Waals surface area contributed by atoms with Crippen molar-refractivity contribution in [2.24, 2.45) is 28.6 Å². The van der Waals surface area contributed by atoms with E-state index in [0.29, 0.717) is 18.3 Å². The van der Waals surface area contributed by atoms with Crippen LogP contribution in [-0.2, 0) is 0 Å². The third-order valence-electron chi connectivity index (χ3n) is 9.92. The number of aliphatic hydroxyl groups is 3. The van der Waals surface area contributed by atoms with Gasteiger partial charge in [0.1, 0.15) is 0 Å². The number of aliphatic hydroxyl groups excluding tert-OH is 2. The fourth-order valence-electron chi connectivity index (χ4n) is 8.38. The van der Waals surface area contributed by atoms with Crippen LogP contribution in [0.1, 0.15) is 76.7 Å². The first-order chi connectivity index (χ1) is 13.7. The second-order valence-corrected chi connectivity index (χ2v) is 10.9. The maximum atomic E-state index is 12.2. The molecule has 0 spiro atoms. The maximum absolute atomic E-state index is 12.2. The molecule has 0 bridgehead atoms. The minimum absolute atomic E-state index is 0.168. The summed E-state index contributed by atoms with van der Waals surface area (Å²) in [6.07, 6.45) is 7.75. The van der Waals surface area contributed by atoms with Gasteiger partial charge in [-0.15, -0.1) is 0 Å². The molecular weight excluding hydrogens is 368 g/mol. The quantitative estimate of drug-likeness (QED) is 0.671. The van der Waals surface area contributed by atoms with Gasteiger partial charge in [0, 0.05) is 23.8 Å². The minimum atomic E-state index is -0.916. The molecule has 4 aliphatic rings. The molecule has 0 radical (unpaired) electrons. The smallest absolute Gasteiger partial charge is 0.335 e. The van der Waals surface area contributed by atoms with E-state index in [2.05, 4.69) is 13.8 Å². The molecule has 9 unspecified atom stereocenters. The molecule has 0 aliphatic heterocycles. The number of hydrogen-bond acceptors (Lipinski definition) is 5. The summed E-state index contributed by atoms with van der Waals surface area (Å²) in [5.41, 5.74) is -0.766. The Morgan fingerprint density at radius 3 is 2.55 bits per heavy atom. The Morgan fingerprint density at radius 1 is 1.03 bits per heavy atom. The molecule has 0 amide bonds. The Morgan fingerprint density at radius 2 is 1.83 bits per heavy atom. The van der Waals surface area contributed by atoms with Crippen LogP contribution >= 0.6 is 0 Å². The zero-order valence-electron chi connectivity index (χ0n) is 17.5. The van der Waals surface area contributed by atoms with Gasteiger partial charge in [-0.1, -0.05) is 13.8 Å². The van der Waals surface area contributed by atoms with E-state index >= 15 is 0 Å². The molecule has 4 aliphatic carbocycles. The Balaban J connectivity index is 1.52. The predicted octanol–water partition coefficient (Wildman–Crippen LogP) is 3.21. The van der Waals surface area contributed by atoms with Crippen LogP contribution < -0.4 is 5.63 Å². The van der Waals surface area contributed by atoms with Gasteiger partial charge in [-0.25, -0.2) is 4.79 Å². The molecule has 1 aromatic heterocycles. The van der Waals surface area contributed by atoms with Crippen molar-refractivity contribution < 1.29 is 19.7 Å². The summed E-state index contributed by atoms with van der Waals surface area (Å²) in [5.74, 6) is 0.919. The van der Waals surface area contributed by atoms with E-state index in [9.17, 15) is 20.1 Å². The molecule has 5 nitrogen and oxygen atoms in total. The summed E-state index contributed by atoms with van der Waals surface area (Å²) in [7, 11) is 0. The van der Waals surface area contributed by atoms with Crippen molar-refractivity contribution in [3.63, 3.8) is 0 Å². The van der Waals surface area contributed by atoms with Gasteiger partial charge < -0.3 is 19.7 Å². The SMILES string of the molecule is CC12CCC(O)CC1CCC1C2CCC2(C)C(c3ccc(=O)oc3)C(O)CC12O. The molecular formula is C24H34O5. The second-order valence-electron chi connectivity index (χ2n) is 10.9. The highest BCUT2D eigenvalue weighted by molar-refractivity contribution is 5.29. The zero-order valence-corrected chi connectivity index (χ0v) is 17.5. The highest BCUT2D eigenvalue weighted by Crippen LogP contribution is 2.70. The first kappa shape index (κ1) is 19.8. The molecule has 29 heavy (non-hydrogen) atoms. The summed E-state index contributed by atoms with van der Waals surface area (Å²) in [6.45, 7) is 4.52. The Hall–Kier alpha value is -1.17. The molecule has 4 saturated carbocycles. The van der Waals surface area contributed by atoms with Crippen LogP contribution in [0.15, 0.2) is 27.6 Å². The van der Waals surface area contributed by atoms with Crippen LogP contribution in [0.2, 0.25) is 0 Å². The highest BCUT2D eigenvalue weighted by Gasteiger charge is 2.69. The van der Waals surface area contributed by atoms with Crippen molar-refractivity contribution in [3.8, 4) is 0 Å². The lowest BCUT2D eigenvalue weighted by Crippen LogP contribution is -2.62. The van der Waals surface area contributed by atoms with Crippen molar-refractivity contribution in [3.05, 3.63) is 34.4 Å². The normalized spacial score (nSPS) is 51.8. The Kier molecular flexibility index (Phi) is 4.37. The van der Waals surface area contributed by atoms with Gasteiger partial charge in [0.25, 0.3) is 0 Å². The summed E-state index contributed by atoms with van der Waals surface area (Å²) in [6, 6.07) is 3.16. The molecule has 160 valence electrons. The molecule has 5 heteroatoms. The molecule has 5 rings (SSSR count). The summed E-state index contributed by atoms with van der Waals surface area (Å²) >= 11 is 0. The van der Waals surface area contributed by atoms with Gasteiger partial charge in [0.05, 0.1) is 24.1 Å². The average Bonchev–Trinajstić information content (AvgIpc) is 2.88. The third kappa shape index (κ3) is 2.60. The van der Waals surface area contributed by atoms with Gasteiger partial charge in [-0.05, 0) is 79.7 Å². The summed E-state index contributed by atoms with van der Waals surface area (Å²) in [4.78, 5) is 11.4. The first-order valence-corrected chi connectivity index (χ1v) is 11.4. The summed E-state index contributed by atoms with van der Waals surface area (Å²) in [5, 5.41) is 33.5. The van der Waals surface area contributed by atoms with Gasteiger partial charge in [0.2, 0.25) is 0 Å². The molecule has 9 atom stereocenters. The Bertz CT molecular complexity index is 829.